The minimum atomic E-state index is -0.687. The SMILES string of the molecule is Cc1ccc(C(NC(=O)COc2cc(F)ccc2[N+](=O)[O-])c2cccs2)cc1. The van der Waals surface area contributed by atoms with E-state index in [9.17, 15) is 19.3 Å². The fourth-order valence-corrected chi connectivity index (χ4v) is 3.44. The second kappa shape index (κ2) is 8.62. The van der Waals surface area contributed by atoms with E-state index >= 15 is 0 Å². The molecule has 0 fully saturated rings. The monoisotopic (exact) mass is 400 g/mol. The van der Waals surface area contributed by atoms with Crippen molar-refractivity contribution in [2.75, 3.05) is 6.61 Å². The van der Waals surface area contributed by atoms with Crippen LogP contribution in [0.4, 0.5) is 10.1 Å². The number of ether oxygens (including phenoxy) is 1. The van der Waals surface area contributed by atoms with E-state index < -0.39 is 28.9 Å². The highest BCUT2D eigenvalue weighted by atomic mass is 32.1. The number of amides is 1. The highest BCUT2D eigenvalue weighted by Crippen LogP contribution is 2.28. The van der Waals surface area contributed by atoms with Gasteiger partial charge >= 0.3 is 5.69 Å². The molecular formula is C20H17FN2O4S. The zero-order chi connectivity index (χ0) is 20.1. The van der Waals surface area contributed by atoms with E-state index in [0.29, 0.717) is 0 Å². The fourth-order valence-electron chi connectivity index (χ4n) is 2.63. The summed E-state index contributed by atoms with van der Waals surface area (Å²) in [6.07, 6.45) is 0. The second-order valence-corrected chi connectivity index (χ2v) is 7.06. The van der Waals surface area contributed by atoms with Gasteiger partial charge in [-0.05, 0) is 30.0 Å². The van der Waals surface area contributed by atoms with Crippen LogP contribution in [0, 0.1) is 22.9 Å². The molecule has 28 heavy (non-hydrogen) atoms. The summed E-state index contributed by atoms with van der Waals surface area (Å²) in [5.41, 5.74) is 1.60. The van der Waals surface area contributed by atoms with E-state index in [0.717, 1.165) is 34.2 Å². The lowest BCUT2D eigenvalue weighted by atomic mass is 10.0. The molecule has 1 aromatic heterocycles. The first-order valence-corrected chi connectivity index (χ1v) is 9.28. The normalized spacial score (nSPS) is 11.6. The number of hydrogen-bond donors (Lipinski definition) is 1. The zero-order valence-corrected chi connectivity index (χ0v) is 15.7. The predicted molar refractivity (Wildman–Crippen MR) is 104 cm³/mol. The van der Waals surface area contributed by atoms with Gasteiger partial charge in [-0.1, -0.05) is 35.9 Å². The first-order chi connectivity index (χ1) is 13.4. The van der Waals surface area contributed by atoms with Crippen LogP contribution in [-0.4, -0.2) is 17.4 Å². The van der Waals surface area contributed by atoms with Gasteiger partial charge in [-0.25, -0.2) is 4.39 Å². The summed E-state index contributed by atoms with van der Waals surface area (Å²) in [6.45, 7) is 1.50. The molecule has 1 unspecified atom stereocenters. The van der Waals surface area contributed by atoms with Crippen molar-refractivity contribution in [1.82, 2.24) is 5.32 Å². The molecule has 0 saturated carbocycles. The maximum absolute atomic E-state index is 13.4. The van der Waals surface area contributed by atoms with Gasteiger partial charge in [0.1, 0.15) is 5.82 Å². The van der Waals surface area contributed by atoms with Crippen molar-refractivity contribution in [2.24, 2.45) is 0 Å². The Morgan fingerprint density at radius 1 is 1.25 bits per heavy atom. The topological polar surface area (TPSA) is 81.5 Å². The van der Waals surface area contributed by atoms with Crippen molar-refractivity contribution in [2.45, 2.75) is 13.0 Å². The van der Waals surface area contributed by atoms with Gasteiger partial charge in [0.25, 0.3) is 5.91 Å². The maximum Gasteiger partial charge on any atom is 0.311 e. The molecule has 0 spiro atoms. The summed E-state index contributed by atoms with van der Waals surface area (Å²) in [7, 11) is 0. The highest BCUT2D eigenvalue weighted by Gasteiger charge is 2.20. The van der Waals surface area contributed by atoms with Crippen molar-refractivity contribution < 1.29 is 18.8 Å². The number of nitro benzene ring substituents is 1. The Balaban J connectivity index is 1.74. The van der Waals surface area contributed by atoms with Gasteiger partial charge < -0.3 is 10.1 Å². The molecule has 0 radical (unpaired) electrons. The number of hydrogen-bond acceptors (Lipinski definition) is 5. The molecule has 6 nitrogen and oxygen atoms in total. The third-order valence-corrected chi connectivity index (χ3v) is 4.96. The maximum atomic E-state index is 13.4. The van der Waals surface area contributed by atoms with Gasteiger partial charge in [-0.3, -0.25) is 14.9 Å². The van der Waals surface area contributed by atoms with E-state index in [4.69, 9.17) is 4.74 Å². The molecule has 2 aromatic carbocycles. The molecule has 1 amide bonds. The van der Waals surface area contributed by atoms with Gasteiger partial charge in [0, 0.05) is 17.0 Å². The number of halogens is 1. The molecule has 0 aliphatic heterocycles. The Kier molecular flexibility index (Phi) is 6.00. The summed E-state index contributed by atoms with van der Waals surface area (Å²) in [6, 6.07) is 14.0. The minimum Gasteiger partial charge on any atom is -0.477 e. The quantitative estimate of drug-likeness (QED) is 0.471. The van der Waals surface area contributed by atoms with E-state index in [-0.39, 0.29) is 11.8 Å². The lowest BCUT2D eigenvalue weighted by Gasteiger charge is -2.18. The van der Waals surface area contributed by atoms with Crippen LogP contribution in [0.5, 0.6) is 5.75 Å². The number of rotatable bonds is 7. The Hall–Kier alpha value is -3.26. The molecule has 8 heteroatoms. The van der Waals surface area contributed by atoms with Gasteiger partial charge in [-0.2, -0.15) is 0 Å². The van der Waals surface area contributed by atoms with Gasteiger partial charge in [-0.15, -0.1) is 11.3 Å². The molecular weight excluding hydrogens is 383 g/mol. The lowest BCUT2D eigenvalue weighted by molar-refractivity contribution is -0.385. The summed E-state index contributed by atoms with van der Waals surface area (Å²) in [5.74, 6) is -1.45. The Morgan fingerprint density at radius 2 is 2.00 bits per heavy atom. The van der Waals surface area contributed by atoms with Crippen molar-refractivity contribution in [3.8, 4) is 5.75 Å². The molecule has 1 atom stereocenters. The number of carbonyl (C=O) groups excluding carboxylic acids is 1. The minimum absolute atomic E-state index is 0.289. The molecule has 0 bridgehead atoms. The van der Waals surface area contributed by atoms with E-state index in [1.165, 1.54) is 11.3 Å². The molecule has 144 valence electrons. The standard InChI is InChI=1S/C20H17FN2O4S/c1-13-4-6-14(7-5-13)20(18-3-2-10-28-18)22-19(24)12-27-17-11-15(21)8-9-16(17)23(25)26/h2-11,20H,12H2,1H3,(H,22,24). The molecule has 1 heterocycles. The van der Waals surface area contributed by atoms with Crippen LogP contribution < -0.4 is 10.1 Å². The Morgan fingerprint density at radius 3 is 2.64 bits per heavy atom. The van der Waals surface area contributed by atoms with Gasteiger partial charge in [0.15, 0.2) is 6.61 Å². The van der Waals surface area contributed by atoms with Gasteiger partial charge in [0.05, 0.1) is 11.0 Å². The lowest BCUT2D eigenvalue weighted by Crippen LogP contribution is -2.33. The van der Waals surface area contributed by atoms with Crippen LogP contribution in [0.2, 0.25) is 0 Å². The van der Waals surface area contributed by atoms with Crippen molar-refractivity contribution >= 4 is 22.9 Å². The first-order valence-electron chi connectivity index (χ1n) is 8.40. The largest absolute Gasteiger partial charge is 0.477 e. The molecule has 0 saturated heterocycles. The number of benzene rings is 2. The molecule has 0 aliphatic rings. The number of nitrogens with zero attached hydrogens (tertiary/aromatic N) is 1. The number of nitro groups is 1. The predicted octanol–water partition coefficient (Wildman–Crippen LogP) is 4.39. The average Bonchev–Trinajstić information content (AvgIpc) is 3.19. The third kappa shape index (κ3) is 4.72. The van der Waals surface area contributed by atoms with Crippen molar-refractivity contribution in [1.29, 1.82) is 0 Å². The summed E-state index contributed by atoms with van der Waals surface area (Å²) in [5, 5.41) is 15.8. The van der Waals surface area contributed by atoms with Crippen LogP contribution in [0.15, 0.2) is 60.0 Å². The summed E-state index contributed by atoms with van der Waals surface area (Å²) in [4.78, 5) is 23.7. The van der Waals surface area contributed by atoms with Crippen LogP contribution in [0.25, 0.3) is 0 Å². The smallest absolute Gasteiger partial charge is 0.311 e. The number of nitrogens with one attached hydrogen (secondary N) is 1. The summed E-state index contributed by atoms with van der Waals surface area (Å²) >= 11 is 1.50. The van der Waals surface area contributed by atoms with Crippen molar-refractivity contribution in [3.05, 3.63) is 91.9 Å². The zero-order valence-electron chi connectivity index (χ0n) is 14.9. The highest BCUT2D eigenvalue weighted by molar-refractivity contribution is 7.10. The number of carbonyl (C=O) groups is 1. The van der Waals surface area contributed by atoms with Crippen LogP contribution >= 0.6 is 11.3 Å². The van der Waals surface area contributed by atoms with E-state index in [2.05, 4.69) is 5.32 Å². The van der Waals surface area contributed by atoms with Crippen molar-refractivity contribution in [3.63, 3.8) is 0 Å². The second-order valence-electron chi connectivity index (χ2n) is 6.08. The molecule has 1 N–H and O–H groups in total. The summed E-state index contributed by atoms with van der Waals surface area (Å²) < 4.78 is 18.6. The average molecular weight is 400 g/mol. The Labute approximate surface area is 164 Å². The molecule has 0 aliphatic carbocycles. The first kappa shape index (κ1) is 19.5. The fraction of sp³-hybridized carbons (Fsp3) is 0.150. The molecule has 3 rings (SSSR count). The van der Waals surface area contributed by atoms with E-state index in [1.54, 1.807) is 0 Å². The molecule has 3 aromatic rings. The number of thiophene rings is 1. The van der Waals surface area contributed by atoms with Crippen LogP contribution in [0.3, 0.4) is 0 Å². The Bertz CT molecular complexity index is 974. The van der Waals surface area contributed by atoms with Crippen LogP contribution in [0.1, 0.15) is 22.0 Å². The van der Waals surface area contributed by atoms with E-state index in [1.807, 2.05) is 48.7 Å². The van der Waals surface area contributed by atoms with Crippen LogP contribution in [-0.2, 0) is 4.79 Å². The van der Waals surface area contributed by atoms with Gasteiger partial charge in [0.2, 0.25) is 5.75 Å². The third-order valence-electron chi connectivity index (χ3n) is 4.02. The number of aryl methyl sites for hydroxylation is 1.